The van der Waals surface area contributed by atoms with Crippen LogP contribution in [0.4, 0.5) is 5.69 Å². The summed E-state index contributed by atoms with van der Waals surface area (Å²) >= 11 is 0. The van der Waals surface area contributed by atoms with Gasteiger partial charge < -0.3 is 15.2 Å². The van der Waals surface area contributed by atoms with Gasteiger partial charge in [-0.15, -0.1) is 0 Å². The lowest BCUT2D eigenvalue weighted by molar-refractivity contribution is 0.356. The first-order valence-electron chi connectivity index (χ1n) is 4.66. The number of nitrogens with two attached hydrogens (primary N) is 1. The molecule has 0 aliphatic carbocycles. The molecule has 0 fully saturated rings. The molecule has 2 aromatic rings. The van der Waals surface area contributed by atoms with Gasteiger partial charge in [0.15, 0.2) is 11.5 Å². The maximum Gasteiger partial charge on any atom is 0.161 e. The molecule has 0 saturated heterocycles. The van der Waals surface area contributed by atoms with Crippen LogP contribution in [-0.2, 0) is 0 Å². The van der Waals surface area contributed by atoms with Crippen LogP contribution in [0.25, 0.3) is 10.8 Å². The summed E-state index contributed by atoms with van der Waals surface area (Å²) in [6, 6.07) is 9.61. The second-order valence-electron chi connectivity index (χ2n) is 3.31. The molecular weight excluding hydrogens is 190 g/mol. The summed E-state index contributed by atoms with van der Waals surface area (Å²) in [7, 11) is 3.25. The lowest BCUT2D eigenvalue weighted by Gasteiger charge is -2.09. The van der Waals surface area contributed by atoms with Crippen LogP contribution in [0.15, 0.2) is 30.3 Å². The van der Waals surface area contributed by atoms with E-state index in [1.807, 2.05) is 30.3 Å². The lowest BCUT2D eigenvalue weighted by atomic mass is 10.1. The number of methoxy groups -OCH3 is 2. The number of fused-ring (bicyclic) bond motifs is 1. The van der Waals surface area contributed by atoms with E-state index in [9.17, 15) is 0 Å². The Kier molecular flexibility index (Phi) is 2.37. The lowest BCUT2D eigenvalue weighted by Crippen LogP contribution is -1.91. The fraction of sp³-hybridized carbons (Fsp3) is 0.167. The van der Waals surface area contributed by atoms with Gasteiger partial charge in [-0.2, -0.15) is 0 Å². The van der Waals surface area contributed by atoms with Crippen LogP contribution in [-0.4, -0.2) is 14.2 Å². The van der Waals surface area contributed by atoms with Crippen LogP contribution in [0.1, 0.15) is 0 Å². The van der Waals surface area contributed by atoms with Crippen LogP contribution >= 0.6 is 0 Å². The summed E-state index contributed by atoms with van der Waals surface area (Å²) in [5.74, 6) is 1.45. The topological polar surface area (TPSA) is 44.5 Å². The Labute approximate surface area is 88.4 Å². The first kappa shape index (κ1) is 9.65. The fourth-order valence-electron chi connectivity index (χ4n) is 1.59. The zero-order chi connectivity index (χ0) is 10.8. The molecule has 2 rings (SSSR count). The molecule has 0 bridgehead atoms. The van der Waals surface area contributed by atoms with Crippen molar-refractivity contribution in [3.05, 3.63) is 30.3 Å². The number of ether oxygens (including phenoxy) is 2. The molecule has 0 unspecified atom stereocenters. The molecular formula is C12H13NO2. The van der Waals surface area contributed by atoms with Crippen molar-refractivity contribution < 1.29 is 9.47 Å². The van der Waals surface area contributed by atoms with E-state index in [1.54, 1.807) is 14.2 Å². The van der Waals surface area contributed by atoms with Crippen molar-refractivity contribution in [1.29, 1.82) is 0 Å². The summed E-state index contributed by atoms with van der Waals surface area (Å²) in [5.41, 5.74) is 6.46. The summed E-state index contributed by atoms with van der Waals surface area (Å²) in [6.45, 7) is 0. The minimum absolute atomic E-state index is 0.718. The summed E-state index contributed by atoms with van der Waals surface area (Å²) < 4.78 is 10.4. The van der Waals surface area contributed by atoms with Crippen molar-refractivity contribution >= 4 is 16.5 Å². The quantitative estimate of drug-likeness (QED) is 0.762. The molecule has 0 aromatic heterocycles. The standard InChI is InChI=1S/C12H13NO2/c1-14-11-6-8-3-4-10(13)5-9(8)7-12(11)15-2/h3-7H,13H2,1-2H3. The highest BCUT2D eigenvalue weighted by Gasteiger charge is 2.05. The molecule has 2 N–H and O–H groups in total. The van der Waals surface area contributed by atoms with Gasteiger partial charge in [-0.05, 0) is 35.0 Å². The van der Waals surface area contributed by atoms with Gasteiger partial charge in [0.2, 0.25) is 0 Å². The maximum absolute atomic E-state index is 5.71. The number of rotatable bonds is 2. The van der Waals surface area contributed by atoms with E-state index >= 15 is 0 Å². The predicted molar refractivity (Wildman–Crippen MR) is 61.5 cm³/mol. The molecule has 0 radical (unpaired) electrons. The van der Waals surface area contributed by atoms with E-state index in [4.69, 9.17) is 15.2 Å². The Morgan fingerprint density at radius 1 is 0.867 bits per heavy atom. The smallest absolute Gasteiger partial charge is 0.161 e. The zero-order valence-electron chi connectivity index (χ0n) is 8.78. The zero-order valence-corrected chi connectivity index (χ0v) is 8.78. The molecule has 0 aliphatic rings. The van der Waals surface area contributed by atoms with Gasteiger partial charge in [0, 0.05) is 5.69 Å². The molecule has 3 heteroatoms. The van der Waals surface area contributed by atoms with E-state index in [0.717, 1.165) is 28.0 Å². The predicted octanol–water partition coefficient (Wildman–Crippen LogP) is 2.44. The van der Waals surface area contributed by atoms with Crippen LogP contribution in [0.5, 0.6) is 11.5 Å². The molecule has 0 atom stereocenters. The van der Waals surface area contributed by atoms with Crippen LogP contribution < -0.4 is 15.2 Å². The molecule has 0 saturated carbocycles. The van der Waals surface area contributed by atoms with Gasteiger partial charge in [0.1, 0.15) is 0 Å². The second kappa shape index (κ2) is 3.69. The molecule has 0 spiro atoms. The molecule has 3 nitrogen and oxygen atoms in total. The summed E-state index contributed by atoms with van der Waals surface area (Å²) in [4.78, 5) is 0. The van der Waals surface area contributed by atoms with Gasteiger partial charge >= 0.3 is 0 Å². The molecule has 0 heterocycles. The first-order valence-corrected chi connectivity index (χ1v) is 4.66. The second-order valence-corrected chi connectivity index (χ2v) is 3.31. The Balaban J connectivity index is 2.69. The number of hydrogen-bond acceptors (Lipinski definition) is 3. The van der Waals surface area contributed by atoms with Crippen molar-refractivity contribution in [1.82, 2.24) is 0 Å². The van der Waals surface area contributed by atoms with Crippen LogP contribution in [0.3, 0.4) is 0 Å². The van der Waals surface area contributed by atoms with E-state index in [-0.39, 0.29) is 0 Å². The molecule has 0 amide bonds. The maximum atomic E-state index is 5.71. The largest absolute Gasteiger partial charge is 0.493 e. The monoisotopic (exact) mass is 203 g/mol. The highest BCUT2D eigenvalue weighted by atomic mass is 16.5. The number of anilines is 1. The number of hydrogen-bond donors (Lipinski definition) is 1. The van der Waals surface area contributed by atoms with Crippen LogP contribution in [0, 0.1) is 0 Å². The Morgan fingerprint density at radius 3 is 2.07 bits per heavy atom. The van der Waals surface area contributed by atoms with Crippen molar-refractivity contribution in [2.75, 3.05) is 20.0 Å². The average Bonchev–Trinajstić information content (AvgIpc) is 2.27. The Hall–Kier alpha value is -1.90. The highest BCUT2D eigenvalue weighted by molar-refractivity contribution is 5.88. The number of benzene rings is 2. The third-order valence-corrected chi connectivity index (χ3v) is 2.37. The molecule has 2 aromatic carbocycles. The van der Waals surface area contributed by atoms with Crippen molar-refractivity contribution in [2.24, 2.45) is 0 Å². The fourth-order valence-corrected chi connectivity index (χ4v) is 1.59. The Morgan fingerprint density at radius 2 is 1.47 bits per heavy atom. The summed E-state index contributed by atoms with van der Waals surface area (Å²) in [5, 5.41) is 2.13. The number of nitrogen functional groups attached to an aromatic ring is 1. The molecule has 15 heavy (non-hydrogen) atoms. The third-order valence-electron chi connectivity index (χ3n) is 2.37. The van der Waals surface area contributed by atoms with Gasteiger partial charge in [0.05, 0.1) is 14.2 Å². The van der Waals surface area contributed by atoms with Crippen molar-refractivity contribution in [3.63, 3.8) is 0 Å². The van der Waals surface area contributed by atoms with Crippen LogP contribution in [0.2, 0.25) is 0 Å². The molecule has 78 valence electrons. The van der Waals surface area contributed by atoms with Crippen molar-refractivity contribution in [3.8, 4) is 11.5 Å². The average molecular weight is 203 g/mol. The Bertz CT molecular complexity index is 494. The third kappa shape index (κ3) is 1.68. The molecule has 0 aliphatic heterocycles. The van der Waals surface area contributed by atoms with E-state index in [1.165, 1.54) is 0 Å². The minimum Gasteiger partial charge on any atom is -0.493 e. The van der Waals surface area contributed by atoms with Gasteiger partial charge in [-0.3, -0.25) is 0 Å². The van der Waals surface area contributed by atoms with Gasteiger partial charge in [-0.1, -0.05) is 6.07 Å². The normalized spacial score (nSPS) is 10.3. The van der Waals surface area contributed by atoms with Gasteiger partial charge in [0.25, 0.3) is 0 Å². The van der Waals surface area contributed by atoms with Crippen molar-refractivity contribution in [2.45, 2.75) is 0 Å². The van der Waals surface area contributed by atoms with E-state index < -0.39 is 0 Å². The highest BCUT2D eigenvalue weighted by Crippen LogP contribution is 2.32. The first-order chi connectivity index (χ1) is 7.24. The SMILES string of the molecule is COc1cc2ccc(N)cc2cc1OC. The van der Waals surface area contributed by atoms with E-state index in [2.05, 4.69) is 0 Å². The summed E-state index contributed by atoms with van der Waals surface area (Å²) in [6.07, 6.45) is 0. The van der Waals surface area contributed by atoms with Gasteiger partial charge in [-0.25, -0.2) is 0 Å². The minimum atomic E-state index is 0.718. The van der Waals surface area contributed by atoms with E-state index in [0.29, 0.717) is 0 Å².